The van der Waals surface area contributed by atoms with Gasteiger partial charge in [-0.05, 0) is 0 Å². The van der Waals surface area contributed by atoms with Crippen molar-refractivity contribution in [2.75, 3.05) is 7.11 Å². The number of aromatic nitrogens is 1. The molecule has 6 heteroatoms. The Morgan fingerprint density at radius 3 is 2.75 bits per heavy atom. The van der Waals surface area contributed by atoms with Gasteiger partial charge in [0.2, 0.25) is 0 Å². The van der Waals surface area contributed by atoms with Crippen LogP contribution >= 0.6 is 0 Å². The van der Waals surface area contributed by atoms with Crippen molar-refractivity contribution in [1.82, 2.24) is 4.98 Å². The fraction of sp³-hybridized carbons (Fsp3) is 0.167. The van der Waals surface area contributed by atoms with Crippen molar-refractivity contribution in [2.24, 2.45) is 0 Å². The summed E-state index contributed by atoms with van der Waals surface area (Å²) >= 11 is 0. The first kappa shape index (κ1) is 8.83. The highest BCUT2D eigenvalue weighted by Gasteiger charge is 2.14. The van der Waals surface area contributed by atoms with Crippen LogP contribution in [0.5, 0.6) is 11.5 Å². The Hall–Kier alpha value is -1.27. The highest BCUT2D eigenvalue weighted by molar-refractivity contribution is 6.33. The van der Waals surface area contributed by atoms with Gasteiger partial charge in [0.05, 0.1) is 13.3 Å². The van der Waals surface area contributed by atoms with Crippen molar-refractivity contribution in [3.63, 3.8) is 0 Å². The van der Waals surface area contributed by atoms with E-state index in [1.807, 2.05) is 0 Å². The molecule has 1 aromatic rings. The minimum Gasteiger partial charge on any atom is -0.509 e. The molecule has 0 saturated carbocycles. The molecule has 64 valence electrons. The molecule has 0 spiro atoms. The van der Waals surface area contributed by atoms with Gasteiger partial charge in [0, 0.05) is 12.3 Å². The van der Waals surface area contributed by atoms with Crippen LogP contribution in [-0.2, 0) is 0 Å². The molecule has 0 fully saturated rings. The summed E-state index contributed by atoms with van der Waals surface area (Å²) in [7, 11) is -0.408. The lowest BCUT2D eigenvalue weighted by molar-refractivity contribution is 0.279. The third-order valence-electron chi connectivity index (χ3n) is 1.20. The summed E-state index contributed by atoms with van der Waals surface area (Å²) in [6, 6.07) is 1.47. The van der Waals surface area contributed by atoms with Gasteiger partial charge in [-0.15, -0.1) is 0 Å². The Bertz CT molecular complexity index is 255. The van der Waals surface area contributed by atoms with E-state index in [1.165, 1.54) is 25.6 Å². The van der Waals surface area contributed by atoms with Crippen LogP contribution in [-0.4, -0.2) is 29.5 Å². The van der Waals surface area contributed by atoms with Crippen LogP contribution in [0.2, 0.25) is 0 Å². The maximum atomic E-state index is 8.48. The molecule has 1 aromatic heterocycles. The topological polar surface area (TPSA) is 71.8 Å². The second-order valence-electron chi connectivity index (χ2n) is 1.97. The zero-order chi connectivity index (χ0) is 8.97. The predicted molar refractivity (Wildman–Crippen MR) is 41.6 cm³/mol. The van der Waals surface area contributed by atoms with Crippen molar-refractivity contribution in [3.05, 3.63) is 18.5 Å². The van der Waals surface area contributed by atoms with Crippen LogP contribution in [0.3, 0.4) is 0 Å². The number of hydrogen-bond acceptors (Lipinski definition) is 5. The minimum absolute atomic E-state index is 0.238. The van der Waals surface area contributed by atoms with Gasteiger partial charge in [-0.2, -0.15) is 0 Å². The molecule has 0 atom stereocenters. The summed E-state index contributed by atoms with van der Waals surface area (Å²) < 4.78 is 9.42. The summed E-state index contributed by atoms with van der Waals surface area (Å²) in [5, 5.41) is 17.0. The number of nitrogens with zero attached hydrogens (tertiary/aromatic N) is 1. The van der Waals surface area contributed by atoms with Crippen molar-refractivity contribution in [1.29, 1.82) is 0 Å². The average Bonchev–Trinajstić information content (AvgIpc) is 2.04. The standard InChI is InChI=1S/C6H8BNO4/c1-11-6-4-8-3-2-5(6)12-7(9)10/h2-4,9-10H,1H3. The zero-order valence-corrected chi connectivity index (χ0v) is 6.47. The van der Waals surface area contributed by atoms with Crippen molar-refractivity contribution >= 4 is 7.32 Å². The van der Waals surface area contributed by atoms with Crippen molar-refractivity contribution < 1.29 is 19.4 Å². The average molecular weight is 169 g/mol. The number of ether oxygens (including phenoxy) is 1. The molecule has 12 heavy (non-hydrogen) atoms. The number of methoxy groups -OCH3 is 1. The first-order valence-corrected chi connectivity index (χ1v) is 3.25. The monoisotopic (exact) mass is 169 g/mol. The van der Waals surface area contributed by atoms with Gasteiger partial charge in [0.15, 0.2) is 5.75 Å². The lowest BCUT2D eigenvalue weighted by atomic mass is 10.2. The molecular weight excluding hydrogens is 161 g/mol. The Balaban J connectivity index is 2.82. The Labute approximate surface area is 69.8 Å². The molecule has 0 aliphatic rings. The van der Waals surface area contributed by atoms with E-state index < -0.39 is 7.32 Å². The van der Waals surface area contributed by atoms with E-state index >= 15 is 0 Å². The Morgan fingerprint density at radius 1 is 1.42 bits per heavy atom. The molecule has 0 aliphatic heterocycles. The van der Waals surface area contributed by atoms with Crippen LogP contribution in [0.25, 0.3) is 0 Å². The second-order valence-corrected chi connectivity index (χ2v) is 1.97. The summed E-state index contributed by atoms with van der Waals surface area (Å²) in [6.07, 6.45) is 2.87. The molecule has 2 N–H and O–H groups in total. The minimum atomic E-state index is -1.85. The maximum Gasteiger partial charge on any atom is 0.707 e. The van der Waals surface area contributed by atoms with Crippen LogP contribution in [0.4, 0.5) is 0 Å². The number of rotatable bonds is 3. The first-order chi connectivity index (χ1) is 5.74. The summed E-state index contributed by atoms with van der Waals surface area (Å²) in [4.78, 5) is 3.76. The fourth-order valence-corrected chi connectivity index (χ4v) is 0.731. The lowest BCUT2D eigenvalue weighted by Gasteiger charge is -2.07. The normalized spacial score (nSPS) is 9.25. The zero-order valence-electron chi connectivity index (χ0n) is 6.47. The highest BCUT2D eigenvalue weighted by Crippen LogP contribution is 2.24. The van der Waals surface area contributed by atoms with Gasteiger partial charge in [-0.1, -0.05) is 0 Å². The Morgan fingerprint density at radius 2 is 2.17 bits per heavy atom. The van der Waals surface area contributed by atoms with E-state index in [0.29, 0.717) is 5.75 Å². The van der Waals surface area contributed by atoms with Gasteiger partial charge < -0.3 is 19.4 Å². The first-order valence-electron chi connectivity index (χ1n) is 3.25. The van der Waals surface area contributed by atoms with Crippen LogP contribution in [0, 0.1) is 0 Å². The lowest BCUT2D eigenvalue weighted by Crippen LogP contribution is -2.20. The molecule has 0 bridgehead atoms. The van der Waals surface area contributed by atoms with Crippen LogP contribution < -0.4 is 9.39 Å². The van der Waals surface area contributed by atoms with E-state index in [-0.39, 0.29) is 5.75 Å². The van der Waals surface area contributed by atoms with Crippen molar-refractivity contribution in [3.8, 4) is 11.5 Å². The summed E-state index contributed by atoms with van der Waals surface area (Å²) in [5.41, 5.74) is 0. The molecule has 0 aliphatic carbocycles. The van der Waals surface area contributed by atoms with Gasteiger partial charge in [0.1, 0.15) is 5.75 Å². The molecule has 0 radical (unpaired) electrons. The van der Waals surface area contributed by atoms with Crippen molar-refractivity contribution in [2.45, 2.75) is 0 Å². The van der Waals surface area contributed by atoms with E-state index in [1.54, 1.807) is 0 Å². The Kier molecular flexibility index (Phi) is 2.90. The predicted octanol–water partition coefficient (Wildman–Crippen LogP) is -0.562. The van der Waals surface area contributed by atoms with E-state index in [0.717, 1.165) is 0 Å². The highest BCUT2D eigenvalue weighted by atomic mass is 16.6. The molecule has 0 aromatic carbocycles. The smallest absolute Gasteiger partial charge is 0.509 e. The molecule has 1 rings (SSSR count). The molecule has 5 nitrogen and oxygen atoms in total. The number of hydrogen-bond donors (Lipinski definition) is 2. The summed E-state index contributed by atoms with van der Waals surface area (Å²) in [6.45, 7) is 0. The van der Waals surface area contributed by atoms with Crippen LogP contribution in [0.1, 0.15) is 0 Å². The van der Waals surface area contributed by atoms with Crippen LogP contribution in [0.15, 0.2) is 18.5 Å². The summed E-state index contributed by atoms with van der Waals surface area (Å²) in [5.74, 6) is 0.591. The van der Waals surface area contributed by atoms with E-state index in [2.05, 4.69) is 9.64 Å². The molecule has 0 saturated heterocycles. The van der Waals surface area contributed by atoms with Gasteiger partial charge >= 0.3 is 7.32 Å². The van der Waals surface area contributed by atoms with E-state index in [4.69, 9.17) is 14.8 Å². The third kappa shape index (κ3) is 2.11. The molecule has 0 amide bonds. The number of pyridine rings is 1. The van der Waals surface area contributed by atoms with Gasteiger partial charge in [-0.25, -0.2) is 0 Å². The third-order valence-corrected chi connectivity index (χ3v) is 1.20. The van der Waals surface area contributed by atoms with Gasteiger partial charge in [0.25, 0.3) is 0 Å². The SMILES string of the molecule is COc1cnccc1OB(O)O. The largest absolute Gasteiger partial charge is 0.707 e. The van der Waals surface area contributed by atoms with Gasteiger partial charge in [-0.3, -0.25) is 4.98 Å². The molecule has 0 unspecified atom stereocenters. The molecular formula is C6H8BNO4. The molecule has 1 heterocycles. The van der Waals surface area contributed by atoms with E-state index in [9.17, 15) is 0 Å². The maximum absolute atomic E-state index is 8.48. The fourth-order valence-electron chi connectivity index (χ4n) is 0.731. The quantitative estimate of drug-likeness (QED) is 0.593. The second kappa shape index (κ2) is 3.94.